The molecule has 0 saturated heterocycles. The molecule has 8 heteroatoms. The van der Waals surface area contributed by atoms with Crippen LogP contribution in [0.3, 0.4) is 0 Å². The average molecular weight is 279 g/mol. The van der Waals surface area contributed by atoms with Gasteiger partial charge in [-0.05, 0) is 24.3 Å². The quantitative estimate of drug-likeness (QED) is 0.598. The summed E-state index contributed by atoms with van der Waals surface area (Å²) in [6.07, 6.45) is 0. The molecule has 0 aliphatic rings. The Labute approximate surface area is 109 Å². The molecule has 0 saturated carbocycles. The number of imidazole rings is 1. The summed E-state index contributed by atoms with van der Waals surface area (Å²) >= 11 is 5.77. The van der Waals surface area contributed by atoms with E-state index in [-0.39, 0.29) is 11.2 Å². The van der Waals surface area contributed by atoms with Gasteiger partial charge >= 0.3 is 11.4 Å². The minimum Gasteiger partial charge on any atom is -0.299 e. The number of fused-ring (bicyclic) bond motifs is 1. The highest BCUT2D eigenvalue weighted by molar-refractivity contribution is 6.30. The van der Waals surface area contributed by atoms with E-state index in [4.69, 9.17) is 11.6 Å². The number of aromatic nitrogens is 4. The third-order valence-electron chi connectivity index (χ3n) is 2.67. The van der Waals surface area contributed by atoms with Gasteiger partial charge < -0.3 is 0 Å². The molecule has 19 heavy (non-hydrogen) atoms. The fourth-order valence-electron chi connectivity index (χ4n) is 1.86. The van der Waals surface area contributed by atoms with Crippen molar-refractivity contribution in [3.63, 3.8) is 0 Å². The molecule has 1 aromatic carbocycles. The first-order valence-electron chi connectivity index (χ1n) is 5.29. The van der Waals surface area contributed by atoms with Gasteiger partial charge in [-0.25, -0.2) is 14.2 Å². The molecule has 2 aromatic heterocycles. The van der Waals surface area contributed by atoms with Gasteiger partial charge in [0.15, 0.2) is 11.2 Å². The van der Waals surface area contributed by atoms with Crippen LogP contribution in [0.1, 0.15) is 0 Å². The Balaban J connectivity index is 2.44. The van der Waals surface area contributed by atoms with E-state index in [1.165, 1.54) is 4.57 Å². The van der Waals surface area contributed by atoms with Crippen LogP contribution in [-0.4, -0.2) is 19.5 Å². The Morgan fingerprint density at radius 2 is 1.63 bits per heavy atom. The van der Waals surface area contributed by atoms with Gasteiger partial charge in [-0.1, -0.05) is 11.6 Å². The van der Waals surface area contributed by atoms with Crippen LogP contribution < -0.4 is 16.9 Å². The van der Waals surface area contributed by atoms with Crippen LogP contribution >= 0.6 is 11.6 Å². The Morgan fingerprint density at radius 3 is 2.32 bits per heavy atom. The summed E-state index contributed by atoms with van der Waals surface area (Å²) in [5.41, 5.74) is -1.24. The van der Waals surface area contributed by atoms with E-state index in [9.17, 15) is 14.4 Å². The summed E-state index contributed by atoms with van der Waals surface area (Å²) in [6, 6.07) is 6.42. The van der Waals surface area contributed by atoms with Crippen LogP contribution in [0.15, 0.2) is 38.6 Å². The van der Waals surface area contributed by atoms with E-state index in [0.29, 0.717) is 10.7 Å². The molecular formula is C11H7ClN4O3. The SMILES string of the molecule is O=c1[nH]c(=O)c2[nH]c(=O)n(-c3ccc(Cl)cc3)c2[nH]1. The molecule has 3 aromatic rings. The van der Waals surface area contributed by atoms with Crippen molar-refractivity contribution in [2.75, 3.05) is 0 Å². The summed E-state index contributed by atoms with van der Waals surface area (Å²) < 4.78 is 1.20. The van der Waals surface area contributed by atoms with Crippen LogP contribution in [0, 0.1) is 0 Å². The molecule has 7 nitrogen and oxygen atoms in total. The molecule has 0 fully saturated rings. The summed E-state index contributed by atoms with van der Waals surface area (Å²) in [6.45, 7) is 0. The molecule has 0 aliphatic carbocycles. The predicted octanol–water partition coefficient (Wildman–Crippen LogP) is 0.349. The van der Waals surface area contributed by atoms with Crippen molar-refractivity contribution in [3.05, 3.63) is 60.6 Å². The Bertz CT molecular complexity index is 929. The van der Waals surface area contributed by atoms with Gasteiger partial charge in [0.05, 0.1) is 5.69 Å². The van der Waals surface area contributed by atoms with Crippen molar-refractivity contribution in [3.8, 4) is 5.69 Å². The molecule has 3 rings (SSSR count). The monoisotopic (exact) mass is 278 g/mol. The van der Waals surface area contributed by atoms with Crippen LogP contribution in [-0.2, 0) is 0 Å². The molecule has 0 radical (unpaired) electrons. The molecular weight excluding hydrogens is 272 g/mol. The van der Waals surface area contributed by atoms with E-state index in [0.717, 1.165) is 0 Å². The lowest BCUT2D eigenvalue weighted by atomic mass is 10.3. The predicted molar refractivity (Wildman–Crippen MR) is 70.1 cm³/mol. The van der Waals surface area contributed by atoms with Gasteiger partial charge in [0.1, 0.15) is 0 Å². The number of benzene rings is 1. The number of H-pyrrole nitrogens is 3. The highest BCUT2D eigenvalue weighted by atomic mass is 35.5. The molecule has 3 N–H and O–H groups in total. The normalized spacial score (nSPS) is 11.0. The Kier molecular flexibility index (Phi) is 2.42. The largest absolute Gasteiger partial charge is 0.332 e. The third kappa shape index (κ3) is 1.80. The zero-order valence-corrected chi connectivity index (χ0v) is 10.1. The van der Waals surface area contributed by atoms with Gasteiger partial charge in [0.2, 0.25) is 0 Å². The maximum atomic E-state index is 11.9. The highest BCUT2D eigenvalue weighted by Gasteiger charge is 2.12. The number of halogens is 1. The lowest BCUT2D eigenvalue weighted by Crippen LogP contribution is -2.22. The van der Waals surface area contributed by atoms with Crippen LogP contribution in [0.25, 0.3) is 16.9 Å². The van der Waals surface area contributed by atoms with Crippen molar-refractivity contribution in [1.82, 2.24) is 19.5 Å². The maximum Gasteiger partial charge on any atom is 0.332 e. The molecule has 0 unspecified atom stereocenters. The summed E-state index contributed by atoms with van der Waals surface area (Å²) in [4.78, 5) is 41.6. The Morgan fingerprint density at radius 1 is 0.947 bits per heavy atom. The second-order valence-corrected chi connectivity index (χ2v) is 4.31. The molecule has 2 heterocycles. The van der Waals surface area contributed by atoms with E-state index < -0.39 is 16.9 Å². The zero-order chi connectivity index (χ0) is 13.6. The van der Waals surface area contributed by atoms with Gasteiger partial charge in [-0.3, -0.25) is 19.7 Å². The van der Waals surface area contributed by atoms with Crippen LogP contribution in [0.5, 0.6) is 0 Å². The first-order chi connectivity index (χ1) is 9.06. The van der Waals surface area contributed by atoms with Crippen molar-refractivity contribution in [2.45, 2.75) is 0 Å². The Hall–Kier alpha value is -2.54. The smallest absolute Gasteiger partial charge is 0.299 e. The standard InChI is InChI=1S/C11H7ClN4O3/c12-5-1-3-6(4-2-5)16-8-7(13-11(16)19)9(17)15-10(18)14-8/h1-4H,(H,13,19)(H2,14,15,17,18). The van der Waals surface area contributed by atoms with E-state index in [1.54, 1.807) is 24.3 Å². The van der Waals surface area contributed by atoms with Gasteiger partial charge in [0.25, 0.3) is 5.56 Å². The molecule has 0 aliphatic heterocycles. The van der Waals surface area contributed by atoms with Gasteiger partial charge in [-0.2, -0.15) is 0 Å². The van der Waals surface area contributed by atoms with Gasteiger partial charge in [0, 0.05) is 5.02 Å². The second kappa shape index (κ2) is 3.99. The fourth-order valence-corrected chi connectivity index (χ4v) is 1.98. The van der Waals surface area contributed by atoms with Crippen LogP contribution in [0.2, 0.25) is 5.02 Å². The molecule has 0 amide bonds. The van der Waals surface area contributed by atoms with Crippen LogP contribution in [0.4, 0.5) is 0 Å². The van der Waals surface area contributed by atoms with Crippen molar-refractivity contribution in [1.29, 1.82) is 0 Å². The number of hydrogen-bond acceptors (Lipinski definition) is 3. The first-order valence-corrected chi connectivity index (χ1v) is 5.67. The lowest BCUT2D eigenvalue weighted by Gasteiger charge is -2.02. The highest BCUT2D eigenvalue weighted by Crippen LogP contribution is 2.14. The fraction of sp³-hybridized carbons (Fsp3) is 0. The number of aromatic amines is 3. The number of rotatable bonds is 1. The summed E-state index contributed by atoms with van der Waals surface area (Å²) in [5, 5.41) is 0.517. The third-order valence-corrected chi connectivity index (χ3v) is 2.92. The number of nitrogens with zero attached hydrogens (tertiary/aromatic N) is 1. The average Bonchev–Trinajstić information content (AvgIpc) is 2.67. The lowest BCUT2D eigenvalue weighted by molar-refractivity contribution is 0.984. The van der Waals surface area contributed by atoms with E-state index in [1.807, 2.05) is 4.98 Å². The zero-order valence-electron chi connectivity index (χ0n) is 9.36. The summed E-state index contributed by atoms with van der Waals surface area (Å²) in [5.74, 6) is 0. The van der Waals surface area contributed by atoms with Crippen molar-refractivity contribution in [2.24, 2.45) is 0 Å². The second-order valence-electron chi connectivity index (χ2n) is 3.87. The topological polar surface area (TPSA) is 104 Å². The number of nitrogens with one attached hydrogen (secondary N) is 3. The minimum atomic E-state index is -0.681. The minimum absolute atomic E-state index is 0.0135. The van der Waals surface area contributed by atoms with Crippen molar-refractivity contribution >= 4 is 22.8 Å². The summed E-state index contributed by atoms with van der Waals surface area (Å²) in [7, 11) is 0. The number of hydrogen-bond donors (Lipinski definition) is 3. The molecule has 96 valence electrons. The molecule has 0 bridgehead atoms. The molecule has 0 atom stereocenters. The molecule has 0 spiro atoms. The van der Waals surface area contributed by atoms with Crippen molar-refractivity contribution < 1.29 is 0 Å². The first kappa shape index (κ1) is 11.5. The maximum absolute atomic E-state index is 11.9. The van der Waals surface area contributed by atoms with Gasteiger partial charge in [-0.15, -0.1) is 0 Å². The van der Waals surface area contributed by atoms with E-state index >= 15 is 0 Å². The van der Waals surface area contributed by atoms with E-state index in [2.05, 4.69) is 9.97 Å².